The lowest BCUT2D eigenvalue weighted by Gasteiger charge is -2.38. The van der Waals surface area contributed by atoms with E-state index in [1.165, 1.54) is 6.07 Å². The largest absolute Gasteiger partial charge is 0.435 e. The molecule has 1 saturated heterocycles. The number of imidazole rings is 1. The van der Waals surface area contributed by atoms with Crippen LogP contribution in [0.15, 0.2) is 30.9 Å². The van der Waals surface area contributed by atoms with Gasteiger partial charge in [0, 0.05) is 25.5 Å². The molecule has 2 atom stereocenters. The summed E-state index contributed by atoms with van der Waals surface area (Å²) in [6.45, 7) is 3.60. The molecule has 3 heterocycles. The molecule has 2 aromatic rings. The van der Waals surface area contributed by atoms with E-state index < -0.39 is 11.9 Å². The van der Waals surface area contributed by atoms with E-state index in [2.05, 4.69) is 22.1 Å². The Balaban J connectivity index is 1.77. The fraction of sp³-hybridized carbons (Fsp3) is 0.500. The summed E-state index contributed by atoms with van der Waals surface area (Å²) in [5.74, 6) is 0.942. The summed E-state index contributed by atoms with van der Waals surface area (Å²) in [6, 6.07) is 2.59. The molecule has 0 saturated carbocycles. The second kappa shape index (κ2) is 5.58. The van der Waals surface area contributed by atoms with E-state index in [1.807, 2.05) is 15.7 Å². The molecular formula is C14H16F3N5. The van der Waals surface area contributed by atoms with E-state index in [4.69, 9.17) is 0 Å². The van der Waals surface area contributed by atoms with Crippen LogP contribution in [0.25, 0.3) is 0 Å². The summed E-state index contributed by atoms with van der Waals surface area (Å²) in [6.07, 6.45) is 1.88. The van der Waals surface area contributed by atoms with Crippen LogP contribution in [-0.2, 0) is 6.18 Å². The Labute approximate surface area is 125 Å². The third-order valence-corrected chi connectivity index (χ3v) is 4.09. The minimum atomic E-state index is -4.46. The molecule has 2 aromatic heterocycles. The van der Waals surface area contributed by atoms with Gasteiger partial charge in [-0.3, -0.25) is 0 Å². The maximum atomic E-state index is 12.5. The van der Waals surface area contributed by atoms with Crippen LogP contribution in [0.2, 0.25) is 0 Å². The van der Waals surface area contributed by atoms with Crippen molar-refractivity contribution in [2.75, 3.05) is 18.0 Å². The van der Waals surface area contributed by atoms with Crippen molar-refractivity contribution < 1.29 is 13.2 Å². The highest BCUT2D eigenvalue weighted by Crippen LogP contribution is 2.31. The van der Waals surface area contributed by atoms with Gasteiger partial charge in [0.2, 0.25) is 0 Å². The van der Waals surface area contributed by atoms with Gasteiger partial charge in [0.25, 0.3) is 0 Å². The molecule has 0 bridgehead atoms. The smallest absolute Gasteiger partial charge is 0.353 e. The zero-order valence-electron chi connectivity index (χ0n) is 12.0. The Bertz CT molecular complexity index is 608. The van der Waals surface area contributed by atoms with Gasteiger partial charge in [-0.25, -0.2) is 4.98 Å². The van der Waals surface area contributed by atoms with Gasteiger partial charge >= 0.3 is 6.18 Å². The van der Waals surface area contributed by atoms with Crippen LogP contribution in [0.5, 0.6) is 0 Å². The summed E-state index contributed by atoms with van der Waals surface area (Å²) in [4.78, 5) is 6.03. The van der Waals surface area contributed by atoms with Crippen LogP contribution in [0.1, 0.15) is 25.1 Å². The average Bonchev–Trinajstić information content (AvgIpc) is 3.01. The van der Waals surface area contributed by atoms with Crippen LogP contribution in [-0.4, -0.2) is 32.8 Å². The molecule has 5 nitrogen and oxygen atoms in total. The monoisotopic (exact) mass is 311 g/mol. The molecule has 0 aliphatic carbocycles. The van der Waals surface area contributed by atoms with Gasteiger partial charge in [-0.2, -0.15) is 13.2 Å². The molecule has 0 spiro atoms. The van der Waals surface area contributed by atoms with Crippen LogP contribution in [0, 0.1) is 5.92 Å². The molecule has 118 valence electrons. The first-order valence-electron chi connectivity index (χ1n) is 7.08. The van der Waals surface area contributed by atoms with Crippen LogP contribution < -0.4 is 4.90 Å². The molecule has 0 aromatic carbocycles. The lowest BCUT2D eigenvalue weighted by atomic mass is 9.93. The molecule has 0 amide bonds. The van der Waals surface area contributed by atoms with Gasteiger partial charge in [0.05, 0.1) is 12.4 Å². The highest BCUT2D eigenvalue weighted by Gasteiger charge is 2.34. The van der Waals surface area contributed by atoms with Crippen LogP contribution >= 0.6 is 0 Å². The number of piperidine rings is 1. The van der Waals surface area contributed by atoms with Crippen molar-refractivity contribution >= 4 is 5.82 Å². The Morgan fingerprint density at radius 3 is 2.64 bits per heavy atom. The maximum Gasteiger partial charge on any atom is 0.435 e. The topological polar surface area (TPSA) is 46.8 Å². The summed E-state index contributed by atoms with van der Waals surface area (Å²) in [5.41, 5.74) is -0.965. The Kier molecular flexibility index (Phi) is 3.76. The first kappa shape index (κ1) is 14.8. The minimum absolute atomic E-state index is 0.223. The molecule has 2 unspecified atom stereocenters. The Morgan fingerprint density at radius 2 is 2.05 bits per heavy atom. The van der Waals surface area contributed by atoms with Gasteiger partial charge in [0.15, 0.2) is 11.5 Å². The third kappa shape index (κ3) is 2.90. The van der Waals surface area contributed by atoms with E-state index in [0.29, 0.717) is 18.3 Å². The van der Waals surface area contributed by atoms with Gasteiger partial charge in [-0.1, -0.05) is 6.92 Å². The molecule has 1 aliphatic rings. The molecule has 22 heavy (non-hydrogen) atoms. The maximum absolute atomic E-state index is 12.5. The van der Waals surface area contributed by atoms with Crippen molar-refractivity contribution in [3.63, 3.8) is 0 Å². The van der Waals surface area contributed by atoms with E-state index in [-0.39, 0.29) is 6.04 Å². The average molecular weight is 311 g/mol. The zero-order valence-corrected chi connectivity index (χ0v) is 12.0. The highest BCUT2D eigenvalue weighted by molar-refractivity contribution is 5.38. The van der Waals surface area contributed by atoms with E-state index >= 15 is 0 Å². The number of hydrogen-bond donors (Lipinski definition) is 0. The normalized spacial score (nSPS) is 22.8. The fourth-order valence-corrected chi connectivity index (χ4v) is 2.76. The number of rotatable bonds is 2. The standard InChI is InChI=1S/C14H16F3N5/c1-10-4-6-21(8-11(10)22-7-5-18-9-22)13-3-2-12(19-20-13)14(15,16)17/h2-3,5,7,9-11H,4,6,8H2,1H3. The van der Waals surface area contributed by atoms with Crippen LogP contribution in [0.4, 0.5) is 19.0 Å². The van der Waals surface area contributed by atoms with Crippen molar-refractivity contribution in [3.8, 4) is 0 Å². The lowest BCUT2D eigenvalue weighted by molar-refractivity contribution is -0.141. The molecule has 0 N–H and O–H groups in total. The summed E-state index contributed by atoms with van der Waals surface area (Å²) in [5, 5.41) is 7.04. The van der Waals surface area contributed by atoms with Crippen molar-refractivity contribution in [1.29, 1.82) is 0 Å². The fourth-order valence-electron chi connectivity index (χ4n) is 2.76. The number of nitrogens with zero attached hydrogens (tertiary/aromatic N) is 5. The quantitative estimate of drug-likeness (QED) is 0.855. The molecule has 0 radical (unpaired) electrons. The van der Waals surface area contributed by atoms with Crippen LogP contribution in [0.3, 0.4) is 0 Å². The SMILES string of the molecule is CC1CCN(c2ccc(C(F)(F)F)nn2)CC1n1ccnc1. The van der Waals surface area contributed by atoms with Gasteiger partial charge in [-0.15, -0.1) is 10.2 Å². The molecule has 8 heteroatoms. The van der Waals surface area contributed by atoms with Crippen molar-refractivity contribution in [2.45, 2.75) is 25.6 Å². The van der Waals surface area contributed by atoms with E-state index in [9.17, 15) is 13.2 Å². The van der Waals surface area contributed by atoms with E-state index in [0.717, 1.165) is 19.0 Å². The third-order valence-electron chi connectivity index (χ3n) is 4.09. The minimum Gasteiger partial charge on any atom is -0.353 e. The molecule has 1 fully saturated rings. The molecule has 3 rings (SSSR count). The van der Waals surface area contributed by atoms with Gasteiger partial charge in [-0.05, 0) is 24.5 Å². The number of hydrogen-bond acceptors (Lipinski definition) is 4. The predicted octanol–water partition coefficient (Wildman–Crippen LogP) is 2.78. The second-order valence-corrected chi connectivity index (χ2v) is 5.56. The highest BCUT2D eigenvalue weighted by atomic mass is 19.4. The summed E-state index contributed by atoms with van der Waals surface area (Å²) >= 11 is 0. The number of alkyl halides is 3. The zero-order chi connectivity index (χ0) is 15.7. The van der Waals surface area contributed by atoms with Gasteiger partial charge < -0.3 is 9.47 Å². The van der Waals surface area contributed by atoms with Gasteiger partial charge in [0.1, 0.15) is 0 Å². The summed E-state index contributed by atoms with van der Waals surface area (Å²) in [7, 11) is 0. The molecular weight excluding hydrogens is 295 g/mol. The van der Waals surface area contributed by atoms with Crippen molar-refractivity contribution in [3.05, 3.63) is 36.5 Å². The number of anilines is 1. The van der Waals surface area contributed by atoms with E-state index in [1.54, 1.807) is 12.5 Å². The second-order valence-electron chi connectivity index (χ2n) is 5.56. The first-order valence-corrected chi connectivity index (χ1v) is 7.08. The predicted molar refractivity (Wildman–Crippen MR) is 74.3 cm³/mol. The van der Waals surface area contributed by atoms with Crippen molar-refractivity contribution in [1.82, 2.24) is 19.7 Å². The number of aromatic nitrogens is 4. The first-order chi connectivity index (χ1) is 10.4. The summed E-state index contributed by atoms with van der Waals surface area (Å²) < 4.78 is 39.6. The molecule has 1 aliphatic heterocycles. The lowest BCUT2D eigenvalue weighted by Crippen LogP contribution is -2.41. The Morgan fingerprint density at radius 1 is 1.23 bits per heavy atom. The number of halogens is 3. The van der Waals surface area contributed by atoms with Crippen molar-refractivity contribution in [2.24, 2.45) is 5.92 Å². The Hall–Kier alpha value is -2.12.